The average molecular weight is 415 g/mol. The maximum absolute atomic E-state index is 13.2. The molecular formula is C25H26N4O2. The number of benzene rings is 1. The smallest absolute Gasteiger partial charge is 0.255 e. The molecule has 0 saturated carbocycles. The molecule has 31 heavy (non-hydrogen) atoms. The highest BCUT2D eigenvalue weighted by molar-refractivity contribution is 6.00. The molecule has 0 N–H and O–H groups in total. The first-order chi connectivity index (χ1) is 15.0. The van der Waals surface area contributed by atoms with E-state index in [-0.39, 0.29) is 5.91 Å². The largest absolute Gasteiger partial charge is 0.441 e. The van der Waals surface area contributed by atoms with Gasteiger partial charge >= 0.3 is 0 Å². The summed E-state index contributed by atoms with van der Waals surface area (Å²) in [6.07, 6.45) is 14.8. The molecule has 0 bridgehead atoms. The quantitative estimate of drug-likeness (QED) is 0.764. The minimum Gasteiger partial charge on any atom is -0.441 e. The summed E-state index contributed by atoms with van der Waals surface area (Å²) in [5, 5.41) is 0. The highest BCUT2D eigenvalue weighted by atomic mass is 16.3. The van der Waals surface area contributed by atoms with Gasteiger partial charge in [0.1, 0.15) is 5.52 Å². The lowest BCUT2D eigenvalue weighted by molar-refractivity contribution is -0.122. The molecule has 1 amide bonds. The van der Waals surface area contributed by atoms with Crippen LogP contribution >= 0.6 is 0 Å². The predicted molar refractivity (Wildman–Crippen MR) is 122 cm³/mol. The van der Waals surface area contributed by atoms with Crippen LogP contribution in [0, 0.1) is 6.92 Å². The van der Waals surface area contributed by atoms with Crippen molar-refractivity contribution in [3.8, 4) is 0 Å². The fourth-order valence-electron chi connectivity index (χ4n) is 4.31. The fraction of sp³-hybridized carbons (Fsp3) is 0.280. The Morgan fingerprint density at radius 1 is 1.16 bits per heavy atom. The molecule has 0 unspecified atom stereocenters. The van der Waals surface area contributed by atoms with E-state index in [2.05, 4.69) is 35.0 Å². The van der Waals surface area contributed by atoms with Crippen molar-refractivity contribution in [2.24, 2.45) is 0 Å². The summed E-state index contributed by atoms with van der Waals surface area (Å²) in [6, 6.07) is 6.38. The van der Waals surface area contributed by atoms with E-state index in [1.165, 1.54) is 0 Å². The molecule has 0 spiro atoms. The van der Waals surface area contributed by atoms with E-state index in [0.29, 0.717) is 11.9 Å². The number of fused-ring (bicyclic) bond motifs is 2. The van der Waals surface area contributed by atoms with Gasteiger partial charge in [-0.1, -0.05) is 18.2 Å². The molecule has 1 atom stereocenters. The number of hydrogen-bond donors (Lipinski definition) is 0. The normalized spacial score (nSPS) is 22.9. The highest BCUT2D eigenvalue weighted by Gasteiger charge is 2.27. The Kier molecular flexibility index (Phi) is 4.87. The number of rotatable bonds is 3. The first-order valence-corrected chi connectivity index (χ1v) is 10.6. The summed E-state index contributed by atoms with van der Waals surface area (Å²) in [5.41, 5.74) is 5.26. The zero-order valence-corrected chi connectivity index (χ0v) is 18.1. The van der Waals surface area contributed by atoms with Gasteiger partial charge in [0.25, 0.3) is 5.91 Å². The van der Waals surface area contributed by atoms with Gasteiger partial charge in [0.05, 0.1) is 5.70 Å². The summed E-state index contributed by atoms with van der Waals surface area (Å²) in [5.74, 6) is 0.568. The van der Waals surface area contributed by atoms with Gasteiger partial charge < -0.3 is 14.2 Å². The van der Waals surface area contributed by atoms with Crippen LogP contribution in [0.15, 0.2) is 76.7 Å². The van der Waals surface area contributed by atoms with E-state index >= 15 is 0 Å². The van der Waals surface area contributed by atoms with Crippen molar-refractivity contribution in [1.82, 2.24) is 19.7 Å². The van der Waals surface area contributed by atoms with Gasteiger partial charge in [0, 0.05) is 44.0 Å². The lowest BCUT2D eigenvalue weighted by Crippen LogP contribution is -2.33. The topological polar surface area (TPSA) is 52.8 Å². The number of oxazole rings is 1. The molecule has 1 fully saturated rings. The molecule has 3 aliphatic rings. The maximum Gasteiger partial charge on any atom is 0.255 e. The lowest BCUT2D eigenvalue weighted by atomic mass is 10.0. The molecule has 3 aliphatic heterocycles. The second-order valence-corrected chi connectivity index (χ2v) is 8.41. The number of hydrogen-bond acceptors (Lipinski definition) is 5. The Labute approximate surface area is 182 Å². The number of likely N-dealkylation sites (N-methyl/N-ethyl adjacent to an activating group) is 1. The number of allylic oxidation sites excluding steroid dienone is 6. The molecule has 4 heterocycles. The van der Waals surface area contributed by atoms with Crippen LogP contribution in [0.2, 0.25) is 0 Å². The SMILES string of the molecule is Cc1nc2ccc(C3=CC(=O)N4C=C(N5CC[C@H](N(C)C)C5)C=C/C4=C\C=C3)cc2o1. The molecule has 1 saturated heterocycles. The van der Waals surface area contributed by atoms with Crippen LogP contribution in [0.25, 0.3) is 16.7 Å². The van der Waals surface area contributed by atoms with Crippen molar-refractivity contribution in [3.05, 3.63) is 83.7 Å². The van der Waals surface area contributed by atoms with Crippen LogP contribution in [-0.4, -0.2) is 58.8 Å². The van der Waals surface area contributed by atoms with E-state index < -0.39 is 0 Å². The van der Waals surface area contributed by atoms with Crippen LogP contribution in [0.3, 0.4) is 0 Å². The molecular weight excluding hydrogens is 388 g/mol. The Balaban J connectivity index is 1.44. The molecule has 0 radical (unpaired) electrons. The summed E-state index contributed by atoms with van der Waals surface area (Å²) in [4.78, 5) is 23.9. The molecule has 158 valence electrons. The maximum atomic E-state index is 13.2. The first kappa shape index (κ1) is 19.6. The minimum atomic E-state index is -0.0651. The highest BCUT2D eigenvalue weighted by Crippen LogP contribution is 2.28. The summed E-state index contributed by atoms with van der Waals surface area (Å²) in [6.45, 7) is 3.80. The van der Waals surface area contributed by atoms with Gasteiger partial charge in [0.2, 0.25) is 0 Å². The van der Waals surface area contributed by atoms with Crippen molar-refractivity contribution < 1.29 is 9.21 Å². The summed E-state index contributed by atoms with van der Waals surface area (Å²) < 4.78 is 5.67. The monoisotopic (exact) mass is 414 g/mol. The van der Waals surface area contributed by atoms with Gasteiger partial charge in [-0.05, 0) is 62.0 Å². The third-order valence-electron chi connectivity index (χ3n) is 6.11. The fourth-order valence-corrected chi connectivity index (χ4v) is 4.31. The second kappa shape index (κ2) is 7.71. The van der Waals surface area contributed by atoms with Gasteiger partial charge in [-0.2, -0.15) is 0 Å². The van der Waals surface area contributed by atoms with Gasteiger partial charge in [0.15, 0.2) is 11.5 Å². The Morgan fingerprint density at radius 2 is 2.00 bits per heavy atom. The molecule has 1 aromatic heterocycles. The van der Waals surface area contributed by atoms with Crippen LogP contribution in [0.5, 0.6) is 0 Å². The van der Waals surface area contributed by atoms with E-state index in [9.17, 15) is 4.79 Å². The zero-order valence-electron chi connectivity index (χ0n) is 18.1. The van der Waals surface area contributed by atoms with Crippen LogP contribution in [-0.2, 0) is 4.79 Å². The summed E-state index contributed by atoms with van der Waals surface area (Å²) in [7, 11) is 4.25. The number of aromatic nitrogens is 1. The minimum absolute atomic E-state index is 0.0651. The number of carbonyl (C=O) groups is 1. The molecule has 0 aliphatic carbocycles. The standard InChI is InChI=1S/C25H26N4O2/c1-17-26-23-10-7-19(13-24(23)31-17)18-5-4-6-20-8-9-22(16-29(20)25(30)14-18)28-12-11-21(15-28)27(2)3/h4-10,13-14,16,21H,11-12,15H2,1-3H3/b5-4?,18-14?,20-6+/t21-/m0/s1. The van der Waals surface area contributed by atoms with Crippen molar-refractivity contribution in [2.45, 2.75) is 19.4 Å². The van der Waals surface area contributed by atoms with Crippen LogP contribution in [0.4, 0.5) is 0 Å². The molecule has 6 nitrogen and oxygen atoms in total. The predicted octanol–water partition coefficient (Wildman–Crippen LogP) is 3.85. The van der Waals surface area contributed by atoms with E-state index in [4.69, 9.17) is 4.42 Å². The second-order valence-electron chi connectivity index (χ2n) is 8.41. The third kappa shape index (κ3) is 3.75. The molecule has 5 rings (SSSR count). The van der Waals surface area contributed by atoms with Crippen molar-refractivity contribution in [1.29, 1.82) is 0 Å². The van der Waals surface area contributed by atoms with Crippen molar-refractivity contribution in [3.63, 3.8) is 0 Å². The third-order valence-corrected chi connectivity index (χ3v) is 6.11. The van der Waals surface area contributed by atoms with E-state index in [1.807, 2.05) is 55.6 Å². The molecule has 6 heteroatoms. The Morgan fingerprint density at radius 3 is 2.81 bits per heavy atom. The molecule has 1 aromatic carbocycles. The van der Waals surface area contributed by atoms with Gasteiger partial charge in [-0.25, -0.2) is 4.98 Å². The Hall–Kier alpha value is -3.38. The van der Waals surface area contributed by atoms with Gasteiger partial charge in [-0.15, -0.1) is 0 Å². The molecule has 2 aromatic rings. The van der Waals surface area contributed by atoms with Crippen LogP contribution in [0.1, 0.15) is 17.9 Å². The zero-order chi connectivity index (χ0) is 21.5. The first-order valence-electron chi connectivity index (χ1n) is 10.6. The van der Waals surface area contributed by atoms with Crippen LogP contribution < -0.4 is 0 Å². The van der Waals surface area contributed by atoms with Crippen molar-refractivity contribution in [2.75, 3.05) is 27.2 Å². The average Bonchev–Trinajstić information content (AvgIpc) is 3.37. The van der Waals surface area contributed by atoms with Gasteiger partial charge in [-0.3, -0.25) is 9.69 Å². The van der Waals surface area contributed by atoms with E-state index in [1.54, 1.807) is 11.0 Å². The van der Waals surface area contributed by atoms with Crippen molar-refractivity contribution >= 4 is 22.6 Å². The number of amides is 1. The lowest BCUT2D eigenvalue weighted by Gasteiger charge is -2.29. The summed E-state index contributed by atoms with van der Waals surface area (Å²) >= 11 is 0. The number of likely N-dealkylation sites (tertiary alicyclic amines) is 1. The van der Waals surface area contributed by atoms with E-state index in [0.717, 1.165) is 53.1 Å². The number of aryl methyl sites for hydroxylation is 1. The number of carbonyl (C=O) groups excluding carboxylic acids is 1. The number of nitrogens with zero attached hydrogens (tertiary/aromatic N) is 4. The Bertz CT molecular complexity index is 1200.